The third-order valence-corrected chi connectivity index (χ3v) is 1.91. The van der Waals surface area contributed by atoms with Gasteiger partial charge in [0.1, 0.15) is 0 Å². The van der Waals surface area contributed by atoms with Gasteiger partial charge in [-0.1, -0.05) is 6.07 Å². The van der Waals surface area contributed by atoms with Crippen LogP contribution in [0.4, 0.5) is 20.3 Å². The van der Waals surface area contributed by atoms with Gasteiger partial charge in [0.2, 0.25) is 5.28 Å². The molecule has 1 aromatic carbocycles. The maximum absolute atomic E-state index is 13.3. The first-order valence-corrected chi connectivity index (χ1v) is 4.61. The minimum Gasteiger partial charge on any atom is -0.336 e. The van der Waals surface area contributed by atoms with Crippen LogP contribution in [0.1, 0.15) is 0 Å². The van der Waals surface area contributed by atoms with E-state index in [1.54, 1.807) is 0 Å². The van der Waals surface area contributed by atoms with Crippen LogP contribution in [0.5, 0.6) is 0 Å². The Balaban J connectivity index is 2.31. The molecule has 0 atom stereocenters. The summed E-state index contributed by atoms with van der Waals surface area (Å²) in [4.78, 5) is 3.73. The average molecular weight is 243 g/mol. The Hall–Kier alpha value is -1.82. The first-order chi connectivity index (χ1) is 7.66. The molecule has 0 saturated heterocycles. The molecule has 7 heteroatoms. The molecule has 2 aromatic rings. The van der Waals surface area contributed by atoms with E-state index in [4.69, 9.17) is 11.6 Å². The van der Waals surface area contributed by atoms with Crippen molar-refractivity contribution in [1.82, 2.24) is 15.2 Å². The number of hydrogen-bond donors (Lipinski definition) is 1. The van der Waals surface area contributed by atoms with Crippen molar-refractivity contribution in [2.45, 2.75) is 0 Å². The highest BCUT2D eigenvalue weighted by Crippen LogP contribution is 2.20. The van der Waals surface area contributed by atoms with E-state index in [-0.39, 0.29) is 16.8 Å². The fourth-order valence-electron chi connectivity index (χ4n) is 1.08. The number of rotatable bonds is 2. The van der Waals surface area contributed by atoms with E-state index in [1.165, 1.54) is 18.3 Å². The van der Waals surface area contributed by atoms with E-state index in [9.17, 15) is 8.78 Å². The predicted molar refractivity (Wildman–Crippen MR) is 54.5 cm³/mol. The largest absolute Gasteiger partial charge is 0.336 e. The van der Waals surface area contributed by atoms with Gasteiger partial charge in [0, 0.05) is 0 Å². The summed E-state index contributed by atoms with van der Waals surface area (Å²) in [5, 5.41) is 9.39. The molecule has 1 aromatic heterocycles. The van der Waals surface area contributed by atoms with Gasteiger partial charge in [-0.05, 0) is 23.7 Å². The van der Waals surface area contributed by atoms with Crippen LogP contribution in [0.25, 0.3) is 0 Å². The summed E-state index contributed by atoms with van der Waals surface area (Å²) in [6, 6.07) is 3.76. The second-order valence-electron chi connectivity index (χ2n) is 2.84. The molecule has 82 valence electrons. The van der Waals surface area contributed by atoms with Crippen LogP contribution in [-0.2, 0) is 0 Å². The fourth-order valence-corrected chi connectivity index (χ4v) is 1.22. The van der Waals surface area contributed by atoms with Gasteiger partial charge in [0.25, 0.3) is 0 Å². The van der Waals surface area contributed by atoms with Gasteiger partial charge >= 0.3 is 0 Å². The number of aromatic nitrogens is 3. The molecule has 0 unspecified atom stereocenters. The van der Waals surface area contributed by atoms with Crippen LogP contribution < -0.4 is 5.32 Å². The van der Waals surface area contributed by atoms with Crippen molar-refractivity contribution in [2.24, 2.45) is 0 Å². The molecule has 0 amide bonds. The molecule has 0 aliphatic heterocycles. The Labute approximate surface area is 94.3 Å². The number of halogens is 3. The Bertz CT molecular complexity index is 521. The van der Waals surface area contributed by atoms with Crippen LogP contribution in [0, 0.1) is 11.6 Å². The molecule has 1 heterocycles. The highest BCUT2D eigenvalue weighted by atomic mass is 35.5. The molecule has 0 spiro atoms. The SMILES string of the molecule is Fc1cccc(Nc2cnnc(Cl)n2)c1F. The van der Waals surface area contributed by atoms with Crippen molar-refractivity contribution >= 4 is 23.1 Å². The monoisotopic (exact) mass is 242 g/mol. The van der Waals surface area contributed by atoms with Gasteiger partial charge < -0.3 is 5.32 Å². The van der Waals surface area contributed by atoms with E-state index in [0.717, 1.165) is 6.07 Å². The summed E-state index contributed by atoms with van der Waals surface area (Å²) in [5.74, 6) is -1.75. The zero-order valence-electron chi connectivity index (χ0n) is 7.78. The van der Waals surface area contributed by atoms with Gasteiger partial charge in [-0.2, -0.15) is 10.1 Å². The van der Waals surface area contributed by atoms with Crippen LogP contribution in [0.2, 0.25) is 5.28 Å². The third-order valence-electron chi connectivity index (χ3n) is 1.75. The van der Waals surface area contributed by atoms with Crippen molar-refractivity contribution in [1.29, 1.82) is 0 Å². The lowest BCUT2D eigenvalue weighted by Crippen LogP contribution is -1.99. The van der Waals surface area contributed by atoms with Crippen molar-refractivity contribution in [3.8, 4) is 0 Å². The summed E-state index contributed by atoms with van der Waals surface area (Å²) in [6.07, 6.45) is 1.25. The molecule has 0 radical (unpaired) electrons. The summed E-state index contributed by atoms with van der Waals surface area (Å²) < 4.78 is 26.1. The number of hydrogen-bond acceptors (Lipinski definition) is 4. The van der Waals surface area contributed by atoms with Crippen molar-refractivity contribution in [3.63, 3.8) is 0 Å². The zero-order valence-corrected chi connectivity index (χ0v) is 8.54. The van der Waals surface area contributed by atoms with Crippen LogP contribution in [-0.4, -0.2) is 15.2 Å². The highest BCUT2D eigenvalue weighted by molar-refractivity contribution is 6.28. The molecule has 16 heavy (non-hydrogen) atoms. The lowest BCUT2D eigenvalue weighted by molar-refractivity contribution is 0.511. The zero-order chi connectivity index (χ0) is 11.5. The molecule has 0 bridgehead atoms. The van der Waals surface area contributed by atoms with Crippen LogP contribution in [0.15, 0.2) is 24.4 Å². The Morgan fingerprint density at radius 3 is 2.81 bits per heavy atom. The van der Waals surface area contributed by atoms with E-state index in [2.05, 4.69) is 20.5 Å². The van der Waals surface area contributed by atoms with Crippen molar-refractivity contribution < 1.29 is 8.78 Å². The summed E-state index contributed by atoms with van der Waals surface area (Å²) in [6.45, 7) is 0. The third kappa shape index (κ3) is 2.22. The van der Waals surface area contributed by atoms with Gasteiger partial charge in [-0.15, -0.1) is 5.10 Å². The molecule has 0 aliphatic carbocycles. The molecule has 0 aliphatic rings. The Morgan fingerprint density at radius 1 is 1.25 bits per heavy atom. The van der Waals surface area contributed by atoms with E-state index in [0.29, 0.717) is 0 Å². The number of nitrogens with one attached hydrogen (secondary N) is 1. The van der Waals surface area contributed by atoms with Gasteiger partial charge in [0.05, 0.1) is 11.9 Å². The Morgan fingerprint density at radius 2 is 2.06 bits per heavy atom. The molecule has 0 saturated carbocycles. The van der Waals surface area contributed by atoms with Crippen LogP contribution in [0.3, 0.4) is 0 Å². The second kappa shape index (κ2) is 4.36. The number of benzene rings is 1. The maximum atomic E-state index is 13.3. The van der Waals surface area contributed by atoms with Gasteiger partial charge in [-0.3, -0.25) is 0 Å². The highest BCUT2D eigenvalue weighted by Gasteiger charge is 2.08. The molecular weight excluding hydrogens is 238 g/mol. The molecule has 2 rings (SSSR count). The molecular formula is C9H5ClF2N4. The second-order valence-corrected chi connectivity index (χ2v) is 3.18. The quantitative estimate of drug-likeness (QED) is 0.879. The van der Waals surface area contributed by atoms with Gasteiger partial charge in [-0.25, -0.2) is 8.78 Å². The van der Waals surface area contributed by atoms with Crippen LogP contribution >= 0.6 is 11.6 Å². The fraction of sp³-hybridized carbons (Fsp3) is 0. The summed E-state index contributed by atoms with van der Waals surface area (Å²) >= 11 is 5.49. The van der Waals surface area contributed by atoms with Gasteiger partial charge in [0.15, 0.2) is 17.5 Å². The Kier molecular flexibility index (Phi) is 2.91. The number of nitrogens with zero attached hydrogens (tertiary/aromatic N) is 3. The lowest BCUT2D eigenvalue weighted by atomic mass is 10.3. The molecule has 0 fully saturated rings. The molecule has 1 N–H and O–H groups in total. The minimum absolute atomic E-state index is 0.0448. The summed E-state index contributed by atoms with van der Waals surface area (Å²) in [7, 11) is 0. The first kappa shape index (κ1) is 10.7. The lowest BCUT2D eigenvalue weighted by Gasteiger charge is -2.05. The normalized spacial score (nSPS) is 10.2. The maximum Gasteiger partial charge on any atom is 0.244 e. The van der Waals surface area contributed by atoms with E-state index < -0.39 is 11.6 Å². The topological polar surface area (TPSA) is 50.7 Å². The molecule has 4 nitrogen and oxygen atoms in total. The first-order valence-electron chi connectivity index (χ1n) is 4.23. The number of anilines is 2. The minimum atomic E-state index is -0.989. The predicted octanol–water partition coefficient (Wildman–Crippen LogP) is 2.55. The smallest absolute Gasteiger partial charge is 0.244 e. The average Bonchev–Trinajstić information content (AvgIpc) is 2.25. The van der Waals surface area contributed by atoms with E-state index >= 15 is 0 Å². The van der Waals surface area contributed by atoms with E-state index in [1.807, 2.05) is 0 Å². The van der Waals surface area contributed by atoms with Crippen molar-refractivity contribution in [2.75, 3.05) is 5.32 Å². The standard InChI is InChI=1S/C9H5ClF2N4/c10-9-15-7(4-13-16-9)14-6-3-1-2-5(11)8(6)12/h1-4H,(H,14,15,16). The van der Waals surface area contributed by atoms with Crippen molar-refractivity contribution in [3.05, 3.63) is 41.3 Å². The summed E-state index contributed by atoms with van der Waals surface area (Å²) in [5.41, 5.74) is -0.0448.